The number of nitrogens with zero attached hydrogens (tertiary/aromatic N) is 2. The Morgan fingerprint density at radius 3 is 3.04 bits per heavy atom. The van der Waals surface area contributed by atoms with Crippen molar-refractivity contribution in [2.75, 3.05) is 27.2 Å². The van der Waals surface area contributed by atoms with Crippen molar-refractivity contribution in [2.24, 2.45) is 0 Å². The lowest BCUT2D eigenvalue weighted by Gasteiger charge is -2.16. The minimum absolute atomic E-state index is 0.0931. The number of fused-ring (bicyclic) bond motifs is 1. The Kier molecular flexibility index (Phi) is 4.80. The molecule has 24 heavy (non-hydrogen) atoms. The molecule has 3 rings (SSSR count). The summed E-state index contributed by atoms with van der Waals surface area (Å²) in [5.41, 5.74) is 0.320. The Labute approximate surface area is 140 Å². The lowest BCUT2D eigenvalue weighted by molar-refractivity contribution is -0.130. The largest absolute Gasteiger partial charge is 0.494 e. The van der Waals surface area contributed by atoms with Crippen molar-refractivity contribution in [3.63, 3.8) is 0 Å². The van der Waals surface area contributed by atoms with E-state index in [-0.39, 0.29) is 11.5 Å². The van der Waals surface area contributed by atoms with Crippen LogP contribution in [0.5, 0.6) is 5.75 Å². The van der Waals surface area contributed by atoms with E-state index < -0.39 is 0 Å². The summed E-state index contributed by atoms with van der Waals surface area (Å²) in [6.07, 6.45) is 1.72. The van der Waals surface area contributed by atoms with E-state index in [1.165, 1.54) is 0 Å². The van der Waals surface area contributed by atoms with Crippen molar-refractivity contribution in [3.8, 4) is 5.75 Å². The molecule has 0 radical (unpaired) electrons. The second-order valence-corrected chi connectivity index (χ2v) is 5.98. The summed E-state index contributed by atoms with van der Waals surface area (Å²) in [4.78, 5) is 33.6. The number of aromatic nitrogens is 2. The van der Waals surface area contributed by atoms with Gasteiger partial charge in [-0.2, -0.15) is 0 Å². The van der Waals surface area contributed by atoms with Gasteiger partial charge in [-0.1, -0.05) is 6.07 Å². The molecule has 0 spiro atoms. The number of rotatable bonds is 5. The van der Waals surface area contributed by atoms with E-state index in [0.29, 0.717) is 41.4 Å². The number of methoxy groups -OCH3 is 1. The number of H-pyrrole nitrogens is 1. The number of carbonyl (C=O) groups excluding carboxylic acids is 1. The average molecular weight is 330 g/mol. The van der Waals surface area contributed by atoms with E-state index in [1.54, 1.807) is 25.3 Å². The van der Waals surface area contributed by atoms with Crippen LogP contribution in [0.1, 0.15) is 18.7 Å². The first-order valence-electron chi connectivity index (χ1n) is 8.13. The first-order valence-corrected chi connectivity index (χ1v) is 8.13. The zero-order valence-electron chi connectivity index (χ0n) is 14.0. The van der Waals surface area contributed by atoms with Crippen LogP contribution in [0.25, 0.3) is 10.9 Å². The van der Waals surface area contributed by atoms with Gasteiger partial charge in [0.15, 0.2) is 0 Å². The maximum Gasteiger partial charge on any atom is 0.258 e. The number of para-hydroxylation sites is 1. The first-order chi connectivity index (χ1) is 11.6. The second kappa shape index (κ2) is 7.00. The van der Waals surface area contributed by atoms with Gasteiger partial charge < -0.3 is 19.9 Å². The Hall–Kier alpha value is -2.41. The second-order valence-electron chi connectivity index (χ2n) is 5.98. The number of amides is 1. The van der Waals surface area contributed by atoms with Crippen LogP contribution in [0.3, 0.4) is 0 Å². The topological polar surface area (TPSA) is 87.3 Å². The van der Waals surface area contributed by atoms with Crippen molar-refractivity contribution in [2.45, 2.75) is 25.3 Å². The van der Waals surface area contributed by atoms with E-state index in [0.717, 1.165) is 19.5 Å². The maximum atomic E-state index is 12.3. The van der Waals surface area contributed by atoms with E-state index >= 15 is 0 Å². The Morgan fingerprint density at radius 2 is 2.33 bits per heavy atom. The summed E-state index contributed by atoms with van der Waals surface area (Å²) in [5.74, 6) is 1.16. The van der Waals surface area contributed by atoms with Crippen LogP contribution in [0.4, 0.5) is 0 Å². The lowest BCUT2D eigenvalue weighted by Crippen LogP contribution is -2.33. The molecule has 1 amide bonds. The van der Waals surface area contributed by atoms with Crippen LogP contribution in [0.2, 0.25) is 0 Å². The molecule has 1 aliphatic heterocycles. The van der Waals surface area contributed by atoms with Gasteiger partial charge in [-0.3, -0.25) is 9.59 Å². The van der Waals surface area contributed by atoms with Crippen molar-refractivity contribution in [1.29, 1.82) is 0 Å². The lowest BCUT2D eigenvalue weighted by atomic mass is 10.2. The summed E-state index contributed by atoms with van der Waals surface area (Å²) >= 11 is 0. The molecule has 0 aliphatic carbocycles. The van der Waals surface area contributed by atoms with Gasteiger partial charge >= 0.3 is 0 Å². The molecule has 1 saturated heterocycles. The van der Waals surface area contributed by atoms with Crippen molar-refractivity contribution < 1.29 is 9.53 Å². The molecule has 1 aliphatic rings. The average Bonchev–Trinajstić information content (AvgIpc) is 3.08. The fourth-order valence-electron chi connectivity index (χ4n) is 3.07. The molecule has 2 N–H and O–H groups in total. The number of nitrogens with one attached hydrogen (secondary N) is 2. The van der Waals surface area contributed by atoms with E-state index in [9.17, 15) is 9.59 Å². The molecule has 0 bridgehead atoms. The number of aryl methyl sites for hydroxylation is 1. The number of benzene rings is 1. The number of carbonyl (C=O) groups is 1. The molecule has 1 atom stereocenters. The van der Waals surface area contributed by atoms with Crippen molar-refractivity contribution >= 4 is 16.8 Å². The molecule has 7 nitrogen and oxygen atoms in total. The van der Waals surface area contributed by atoms with Gasteiger partial charge in [0.25, 0.3) is 5.56 Å². The molecule has 1 unspecified atom stereocenters. The van der Waals surface area contributed by atoms with Crippen LogP contribution in [-0.4, -0.2) is 54.1 Å². The molecular weight excluding hydrogens is 308 g/mol. The van der Waals surface area contributed by atoms with E-state index in [4.69, 9.17) is 4.74 Å². The highest BCUT2D eigenvalue weighted by atomic mass is 16.5. The number of likely N-dealkylation sites (tertiary alicyclic amines) is 1. The fraction of sp³-hybridized carbons (Fsp3) is 0.471. The predicted molar refractivity (Wildman–Crippen MR) is 91.3 cm³/mol. The van der Waals surface area contributed by atoms with Gasteiger partial charge in [-0.05, 0) is 25.6 Å². The number of hydrogen-bond donors (Lipinski definition) is 2. The van der Waals surface area contributed by atoms with Crippen LogP contribution in [0, 0.1) is 0 Å². The van der Waals surface area contributed by atoms with Crippen molar-refractivity contribution in [1.82, 2.24) is 20.2 Å². The number of ether oxygens (including phenoxy) is 1. The molecular formula is C17H22N4O3. The van der Waals surface area contributed by atoms with Crippen LogP contribution in [-0.2, 0) is 11.2 Å². The van der Waals surface area contributed by atoms with Crippen LogP contribution >= 0.6 is 0 Å². The van der Waals surface area contributed by atoms with Crippen LogP contribution < -0.4 is 15.6 Å². The number of likely N-dealkylation sites (N-methyl/N-ethyl adjacent to an activating group) is 1. The SMILES string of the molecule is CNC1CCN(C(=O)CCc2nc3c(OC)cccc3c(=O)[nH]2)C1. The monoisotopic (exact) mass is 330 g/mol. The van der Waals surface area contributed by atoms with E-state index in [2.05, 4.69) is 15.3 Å². The van der Waals surface area contributed by atoms with Gasteiger partial charge in [-0.25, -0.2) is 4.98 Å². The minimum Gasteiger partial charge on any atom is -0.494 e. The minimum atomic E-state index is -0.210. The van der Waals surface area contributed by atoms with Gasteiger partial charge in [0, 0.05) is 32.0 Å². The third-order valence-corrected chi connectivity index (χ3v) is 4.49. The third kappa shape index (κ3) is 3.26. The van der Waals surface area contributed by atoms with Gasteiger partial charge in [0.1, 0.15) is 17.1 Å². The molecule has 1 aromatic heterocycles. The summed E-state index contributed by atoms with van der Waals surface area (Å²) in [5, 5.41) is 3.68. The van der Waals surface area contributed by atoms with Gasteiger partial charge in [-0.15, -0.1) is 0 Å². The number of aromatic amines is 1. The Balaban J connectivity index is 1.74. The highest BCUT2D eigenvalue weighted by Gasteiger charge is 2.24. The fourth-order valence-corrected chi connectivity index (χ4v) is 3.07. The standard InChI is InChI=1S/C17H22N4O3/c1-18-11-8-9-21(10-11)15(22)7-6-14-19-16-12(17(23)20-14)4-3-5-13(16)24-2/h3-5,11,18H,6-10H2,1-2H3,(H,19,20,23). The molecule has 7 heteroatoms. The first kappa shape index (κ1) is 16.4. The maximum absolute atomic E-state index is 12.3. The third-order valence-electron chi connectivity index (χ3n) is 4.49. The summed E-state index contributed by atoms with van der Waals surface area (Å²) in [6, 6.07) is 5.61. The molecule has 0 saturated carbocycles. The molecule has 2 aromatic rings. The molecule has 1 fully saturated rings. The smallest absolute Gasteiger partial charge is 0.258 e. The molecule has 128 valence electrons. The summed E-state index contributed by atoms with van der Waals surface area (Å²) in [7, 11) is 3.46. The highest BCUT2D eigenvalue weighted by Crippen LogP contribution is 2.21. The van der Waals surface area contributed by atoms with Crippen molar-refractivity contribution in [3.05, 3.63) is 34.4 Å². The van der Waals surface area contributed by atoms with E-state index in [1.807, 2.05) is 11.9 Å². The zero-order chi connectivity index (χ0) is 17.1. The van der Waals surface area contributed by atoms with Gasteiger partial charge in [0.05, 0.1) is 12.5 Å². The molecule has 2 heterocycles. The van der Waals surface area contributed by atoms with Crippen LogP contribution in [0.15, 0.2) is 23.0 Å². The zero-order valence-corrected chi connectivity index (χ0v) is 14.0. The van der Waals surface area contributed by atoms with Gasteiger partial charge in [0.2, 0.25) is 5.91 Å². The molecule has 1 aromatic carbocycles. The normalized spacial score (nSPS) is 17.4. The number of hydrogen-bond acceptors (Lipinski definition) is 5. The quantitative estimate of drug-likeness (QED) is 0.842. The Morgan fingerprint density at radius 1 is 1.50 bits per heavy atom. The summed E-state index contributed by atoms with van der Waals surface area (Å²) < 4.78 is 5.27. The Bertz CT molecular complexity index is 802. The summed E-state index contributed by atoms with van der Waals surface area (Å²) in [6.45, 7) is 1.52. The highest BCUT2D eigenvalue weighted by molar-refractivity contribution is 5.83. The predicted octanol–water partition coefficient (Wildman–Crippen LogP) is 0.685.